The maximum atomic E-state index is 14.5. The van der Waals surface area contributed by atoms with Gasteiger partial charge in [0.25, 0.3) is 5.34 Å². The molecule has 4 aromatic rings. The van der Waals surface area contributed by atoms with Crippen LogP contribution in [0, 0.1) is 5.82 Å². The third-order valence-electron chi connectivity index (χ3n) is 7.18. The van der Waals surface area contributed by atoms with Gasteiger partial charge in [-0.3, -0.25) is 4.57 Å². The van der Waals surface area contributed by atoms with Crippen molar-refractivity contribution in [2.75, 3.05) is 26.4 Å². The van der Waals surface area contributed by atoms with Gasteiger partial charge in [-0.05, 0) is 77.3 Å². The van der Waals surface area contributed by atoms with Crippen molar-refractivity contribution in [3.05, 3.63) is 46.3 Å². The fourth-order valence-corrected chi connectivity index (χ4v) is 7.23. The minimum Gasteiger partial charge on any atom is -0.463 e. The SMILES string of the molecule is CCOC(=O)C(C)(OCc1nn(C2CCCCO2)c2cc(-n3nnc4c(F)cc(Br)cc43)ccc12)P(=O)(OCC)OCC. The molecule has 0 amide bonds. The summed E-state index contributed by atoms with van der Waals surface area (Å²) < 4.78 is 60.7. The molecule has 2 atom stereocenters. The minimum absolute atomic E-state index is 0.0342. The van der Waals surface area contributed by atoms with Gasteiger partial charge in [0.05, 0.1) is 48.8 Å². The van der Waals surface area contributed by atoms with E-state index in [1.165, 1.54) is 13.0 Å². The molecule has 2 aromatic carbocycles. The average Bonchev–Trinajstić information content (AvgIpc) is 3.58. The lowest BCUT2D eigenvalue weighted by molar-refractivity contribution is -0.163. The van der Waals surface area contributed by atoms with Crippen molar-refractivity contribution in [2.45, 2.75) is 65.1 Å². The molecular formula is C28H34BrFN5O7P. The zero-order valence-corrected chi connectivity index (χ0v) is 26.9. The van der Waals surface area contributed by atoms with Crippen molar-refractivity contribution in [1.82, 2.24) is 24.8 Å². The molecule has 0 saturated carbocycles. The lowest BCUT2D eigenvalue weighted by atomic mass is 10.1. The van der Waals surface area contributed by atoms with E-state index in [2.05, 4.69) is 26.2 Å². The predicted octanol–water partition coefficient (Wildman–Crippen LogP) is 6.43. The Bertz CT molecular complexity index is 1660. The predicted molar refractivity (Wildman–Crippen MR) is 159 cm³/mol. The molecule has 0 aliphatic carbocycles. The van der Waals surface area contributed by atoms with E-state index in [1.54, 1.807) is 36.2 Å². The summed E-state index contributed by atoms with van der Waals surface area (Å²) in [7, 11) is -4.13. The molecule has 5 rings (SSSR count). The second kappa shape index (κ2) is 13.1. The highest BCUT2D eigenvalue weighted by Gasteiger charge is 2.56. The summed E-state index contributed by atoms with van der Waals surface area (Å²) in [6, 6.07) is 8.60. The summed E-state index contributed by atoms with van der Waals surface area (Å²) in [6.07, 6.45) is 2.32. The first-order valence-electron chi connectivity index (χ1n) is 14.2. The molecule has 1 aliphatic rings. The Morgan fingerprint density at radius 1 is 1.14 bits per heavy atom. The third-order valence-corrected chi connectivity index (χ3v) is 10.2. The van der Waals surface area contributed by atoms with E-state index in [4.69, 9.17) is 28.4 Å². The minimum atomic E-state index is -4.13. The van der Waals surface area contributed by atoms with Crippen molar-refractivity contribution >= 4 is 51.4 Å². The van der Waals surface area contributed by atoms with Crippen LogP contribution in [0.4, 0.5) is 4.39 Å². The second-order valence-electron chi connectivity index (χ2n) is 10.00. The van der Waals surface area contributed by atoms with Gasteiger partial charge in [-0.25, -0.2) is 18.5 Å². The molecule has 15 heteroatoms. The molecule has 2 aromatic heterocycles. The Balaban J connectivity index is 1.58. The van der Waals surface area contributed by atoms with Gasteiger partial charge in [0.2, 0.25) is 0 Å². The monoisotopic (exact) mass is 681 g/mol. The highest BCUT2D eigenvalue weighted by atomic mass is 79.9. The van der Waals surface area contributed by atoms with E-state index in [0.29, 0.717) is 38.9 Å². The van der Waals surface area contributed by atoms with Crippen molar-refractivity contribution < 1.29 is 37.0 Å². The number of fused-ring (bicyclic) bond motifs is 2. The molecule has 232 valence electrons. The number of benzene rings is 2. The number of carbonyl (C=O) groups excluding carboxylic acids is 1. The number of hydrogen-bond acceptors (Lipinski definition) is 10. The molecule has 1 fully saturated rings. The van der Waals surface area contributed by atoms with E-state index in [0.717, 1.165) is 19.3 Å². The Morgan fingerprint density at radius 3 is 2.58 bits per heavy atom. The lowest BCUT2D eigenvalue weighted by Crippen LogP contribution is -2.41. The van der Waals surface area contributed by atoms with E-state index < -0.39 is 24.7 Å². The van der Waals surface area contributed by atoms with E-state index in [-0.39, 0.29) is 38.2 Å². The Hall–Kier alpha value is -2.74. The molecule has 2 unspecified atom stereocenters. The molecule has 3 heterocycles. The van der Waals surface area contributed by atoms with Crippen molar-refractivity contribution in [3.63, 3.8) is 0 Å². The molecule has 1 aliphatic heterocycles. The first-order chi connectivity index (χ1) is 20.7. The Morgan fingerprint density at radius 2 is 1.91 bits per heavy atom. The van der Waals surface area contributed by atoms with Crippen LogP contribution in [0.3, 0.4) is 0 Å². The molecular weight excluding hydrogens is 648 g/mol. The summed E-state index contributed by atoms with van der Waals surface area (Å²) >= 11 is 3.34. The van der Waals surface area contributed by atoms with Crippen LogP contribution in [0.5, 0.6) is 0 Å². The molecule has 0 spiro atoms. The smallest absolute Gasteiger partial charge is 0.373 e. The fraction of sp³-hybridized carbons (Fsp3) is 0.500. The molecule has 0 bridgehead atoms. The number of aromatic nitrogens is 5. The topological polar surface area (TPSA) is 129 Å². The first kappa shape index (κ1) is 31.7. The normalized spacial score (nSPS) is 17.4. The van der Waals surface area contributed by atoms with Gasteiger partial charge in [0.1, 0.15) is 5.52 Å². The van der Waals surface area contributed by atoms with Gasteiger partial charge in [-0.2, -0.15) is 5.10 Å². The summed E-state index contributed by atoms with van der Waals surface area (Å²) in [5, 5.41) is 11.7. The van der Waals surface area contributed by atoms with Gasteiger partial charge in [-0.15, -0.1) is 5.10 Å². The van der Waals surface area contributed by atoms with Crippen LogP contribution in [0.25, 0.3) is 27.6 Å². The fourth-order valence-electron chi connectivity index (χ4n) is 5.05. The lowest BCUT2D eigenvalue weighted by Gasteiger charge is -2.33. The average molecular weight is 682 g/mol. The van der Waals surface area contributed by atoms with Crippen molar-refractivity contribution in [3.8, 4) is 5.69 Å². The number of ether oxygens (including phenoxy) is 3. The van der Waals surface area contributed by atoms with E-state index >= 15 is 0 Å². The van der Waals surface area contributed by atoms with E-state index in [9.17, 15) is 13.8 Å². The second-order valence-corrected chi connectivity index (χ2v) is 13.3. The van der Waals surface area contributed by atoms with Crippen LogP contribution < -0.4 is 0 Å². The van der Waals surface area contributed by atoms with Crippen LogP contribution >= 0.6 is 23.5 Å². The maximum absolute atomic E-state index is 14.5. The highest BCUT2D eigenvalue weighted by molar-refractivity contribution is 9.10. The number of esters is 1. The molecule has 0 radical (unpaired) electrons. The van der Waals surface area contributed by atoms with Crippen LogP contribution in [-0.2, 0) is 39.2 Å². The van der Waals surface area contributed by atoms with Gasteiger partial charge in [-0.1, -0.05) is 21.1 Å². The highest BCUT2D eigenvalue weighted by Crippen LogP contribution is 2.61. The summed E-state index contributed by atoms with van der Waals surface area (Å²) in [5.41, 5.74) is 2.45. The molecule has 12 nitrogen and oxygen atoms in total. The van der Waals surface area contributed by atoms with Gasteiger partial charge < -0.3 is 23.3 Å². The number of hydrogen-bond donors (Lipinski definition) is 0. The third kappa shape index (κ3) is 6.01. The van der Waals surface area contributed by atoms with Gasteiger partial charge in [0.15, 0.2) is 12.0 Å². The van der Waals surface area contributed by atoms with Gasteiger partial charge >= 0.3 is 13.6 Å². The van der Waals surface area contributed by atoms with Gasteiger partial charge in [0, 0.05) is 16.5 Å². The van der Waals surface area contributed by atoms with Crippen molar-refractivity contribution in [2.24, 2.45) is 0 Å². The zero-order chi connectivity index (χ0) is 30.8. The summed E-state index contributed by atoms with van der Waals surface area (Å²) in [6.45, 7) is 6.80. The zero-order valence-electron chi connectivity index (χ0n) is 24.4. The Kier molecular flexibility index (Phi) is 9.64. The largest absolute Gasteiger partial charge is 0.463 e. The van der Waals surface area contributed by atoms with Crippen LogP contribution in [-0.4, -0.2) is 62.5 Å². The molecule has 1 saturated heterocycles. The maximum Gasteiger partial charge on any atom is 0.373 e. The number of halogens is 2. The standard InChI is InChI=1S/C28H34BrFN5O7P/c1-5-38-27(36)28(4,43(37,41-6-2)42-7-3)40-17-22-20-12-11-19(16-23(20)35(32-22)25-10-8-9-13-39-25)34-24-15-18(29)14-21(30)26(24)31-33-34/h11-12,14-16,25H,5-10,13,17H2,1-4H3. The molecule has 43 heavy (non-hydrogen) atoms. The quantitative estimate of drug-likeness (QED) is 0.122. The van der Waals surface area contributed by atoms with Crippen LogP contribution in [0.15, 0.2) is 34.8 Å². The van der Waals surface area contributed by atoms with Crippen molar-refractivity contribution in [1.29, 1.82) is 0 Å². The van der Waals surface area contributed by atoms with Crippen LogP contribution in [0.2, 0.25) is 0 Å². The number of rotatable bonds is 12. The number of carbonyl (C=O) groups is 1. The number of nitrogens with zero attached hydrogens (tertiary/aromatic N) is 5. The molecule has 0 N–H and O–H groups in total. The van der Waals surface area contributed by atoms with Crippen LogP contribution in [0.1, 0.15) is 58.9 Å². The first-order valence-corrected chi connectivity index (χ1v) is 16.5. The Labute approximate surface area is 256 Å². The van der Waals surface area contributed by atoms with E-state index in [1.807, 2.05) is 18.2 Å². The summed E-state index contributed by atoms with van der Waals surface area (Å²) in [5.74, 6) is -1.35. The summed E-state index contributed by atoms with van der Waals surface area (Å²) in [4.78, 5) is 13.2.